The van der Waals surface area contributed by atoms with Gasteiger partial charge in [-0.25, -0.2) is 0 Å². The highest BCUT2D eigenvalue weighted by Gasteiger charge is 2.37. The molecule has 4 aromatic carbocycles. The molecule has 0 saturated heterocycles. The van der Waals surface area contributed by atoms with E-state index in [2.05, 4.69) is 390 Å². The Balaban J connectivity index is 2.17. The fourth-order valence-electron chi connectivity index (χ4n) is 11.0. The molecule has 0 amide bonds. The van der Waals surface area contributed by atoms with Crippen molar-refractivity contribution >= 4 is 52.9 Å². The monoisotopic (exact) mass is 1300 g/mol. The Hall–Kier alpha value is -4.92. The van der Waals surface area contributed by atoms with Crippen LogP contribution in [0.2, 0.25) is 0 Å². The highest BCUT2D eigenvalue weighted by Crippen LogP contribution is 2.49. The second-order valence-corrected chi connectivity index (χ2v) is 44.2. The van der Waals surface area contributed by atoms with Crippen molar-refractivity contribution in [3.8, 4) is 92.7 Å². The molecule has 4 heteroatoms. The van der Waals surface area contributed by atoms with Crippen LogP contribution in [0.15, 0.2) is 48.5 Å². The summed E-state index contributed by atoms with van der Waals surface area (Å²) in [6.45, 7) is 83.5. The summed E-state index contributed by atoms with van der Waals surface area (Å²) in [5, 5.41) is 4.81. The lowest BCUT2D eigenvalue weighted by atomic mass is 9.75. The minimum Gasteiger partial charge on any atom is -0.0561 e. The third kappa shape index (κ3) is 19.6. The van der Waals surface area contributed by atoms with E-state index in [1.54, 1.807) is 0 Å². The number of benzene rings is 4. The summed E-state index contributed by atoms with van der Waals surface area (Å²) in [4.78, 5) is 0. The van der Waals surface area contributed by atoms with Crippen molar-refractivity contribution < 1.29 is 0 Å². The van der Waals surface area contributed by atoms with E-state index < -0.39 is 31.7 Å². The van der Waals surface area contributed by atoms with Crippen LogP contribution in [0.5, 0.6) is 0 Å². The van der Waals surface area contributed by atoms with Gasteiger partial charge in [0.1, 0.15) is 0 Å². The van der Waals surface area contributed by atoms with Crippen molar-refractivity contribution in [2.24, 2.45) is 0 Å². The first-order valence-corrected chi connectivity index (χ1v) is 38.7. The summed E-state index contributed by atoms with van der Waals surface area (Å²) in [7, 11) is -5.92. The normalized spacial score (nSPS) is 17.3. The number of hydrogen-bond donors (Lipinski definition) is 0. The summed E-state index contributed by atoms with van der Waals surface area (Å²) in [6.07, 6.45) is 0. The molecule has 5 rings (SSSR count). The van der Waals surface area contributed by atoms with Gasteiger partial charge in [-0.3, -0.25) is 0 Å². The Labute approximate surface area is 571 Å². The molecule has 488 valence electrons. The van der Waals surface area contributed by atoms with Gasteiger partial charge in [-0.05, 0) is 224 Å². The van der Waals surface area contributed by atoms with Crippen molar-refractivity contribution in [3.63, 3.8) is 0 Å². The van der Waals surface area contributed by atoms with Gasteiger partial charge >= 0.3 is 0 Å². The van der Waals surface area contributed by atoms with Gasteiger partial charge in [0.2, 0.25) is 0 Å². The van der Waals surface area contributed by atoms with Crippen LogP contribution in [-0.2, 0) is 65.0 Å². The van der Waals surface area contributed by atoms with Crippen molar-refractivity contribution in [2.75, 3.05) is 0 Å². The molecule has 0 unspecified atom stereocenters. The van der Waals surface area contributed by atoms with Gasteiger partial charge in [-0.2, -0.15) is 0 Å². The quantitative estimate of drug-likeness (QED) is 0.141. The van der Waals surface area contributed by atoms with Gasteiger partial charge in [-0.15, -0.1) is 0 Å². The van der Waals surface area contributed by atoms with Crippen LogP contribution in [0.25, 0.3) is 0 Å². The van der Waals surface area contributed by atoms with Crippen LogP contribution in [-0.4, -0.2) is 0 Å². The van der Waals surface area contributed by atoms with Gasteiger partial charge in [0, 0.05) is 21.2 Å². The number of rotatable bonds is 4. The van der Waals surface area contributed by atoms with E-state index in [0.29, 0.717) is 0 Å². The minimum atomic E-state index is -1.48. The standard InChI is InChI=1S/C88H116P4/c1-77(2,3)61-53-65(81(13,14)15)73(66(54-61)82(16,17)18)89-45-37-39-47-90(74-67(83(19,20)21)55-62(78(4,5)6)56-68(74)84(22,23)24)49-41-43-51-92(76-71(87(31,32)33)59-64(80(10,11)12)60-72(76)88(34,35)36)52-44-42-50-91(48-40-38-46-89)75-69(85(25,26)27)57-63(79(7,8)9)58-70(75)86(28,29)30/h53-60H,1-36H3. The van der Waals surface area contributed by atoms with E-state index >= 15 is 0 Å². The third-order valence-electron chi connectivity index (χ3n) is 16.9. The lowest BCUT2D eigenvalue weighted by Gasteiger charge is -2.34. The van der Waals surface area contributed by atoms with E-state index in [0.717, 1.165) is 0 Å². The Bertz CT molecular complexity index is 3270. The SMILES string of the molecule is CC(C)(C)c1cc(C(C)(C)C)c(P2C#CC#CP(c3c(C(C)(C)C)cc(C(C)(C)C)cc3C(C)(C)C)C#CC#CP(c3c(C(C)(C)C)cc(C(C)(C)C)cc3C(C)(C)C)C#CC#CP(c3c(C(C)(C)C)cc(C(C)(C)C)cc3C(C)(C)C)C#CC#C2)c(C(C)(C)C)c1. The third-order valence-corrected chi connectivity index (χ3v) is 23.3. The zero-order chi connectivity index (χ0) is 70.5. The molecule has 0 radical (unpaired) electrons. The predicted octanol–water partition coefficient (Wildman–Crippen LogP) is 22.5. The van der Waals surface area contributed by atoms with Crippen molar-refractivity contribution in [2.45, 2.75) is 314 Å². The summed E-state index contributed by atoms with van der Waals surface area (Å²) in [5.74, 6) is 28.3. The van der Waals surface area contributed by atoms with Crippen molar-refractivity contribution in [3.05, 3.63) is 115 Å². The molecule has 0 spiro atoms. The van der Waals surface area contributed by atoms with E-state index in [-0.39, 0.29) is 65.0 Å². The maximum atomic E-state index is 3.82. The van der Waals surface area contributed by atoms with Crippen LogP contribution >= 0.6 is 31.7 Å². The highest BCUT2D eigenvalue weighted by atomic mass is 31.1. The van der Waals surface area contributed by atoms with Gasteiger partial charge in [0.25, 0.3) is 0 Å². The van der Waals surface area contributed by atoms with Crippen LogP contribution in [0, 0.1) is 92.7 Å². The molecular weight excluding hydrogens is 1180 g/mol. The average Bonchev–Trinajstić information content (AvgIpc) is 0.781. The molecule has 1 aliphatic heterocycles. The lowest BCUT2D eigenvalue weighted by Crippen LogP contribution is -2.31. The Morgan fingerprint density at radius 2 is 0.261 bits per heavy atom. The highest BCUT2D eigenvalue weighted by molar-refractivity contribution is 7.76. The fourth-order valence-corrected chi connectivity index (χ4v) is 18.6. The molecule has 0 bridgehead atoms. The molecule has 0 saturated carbocycles. The van der Waals surface area contributed by atoms with Gasteiger partial charge < -0.3 is 0 Å². The Morgan fingerprint density at radius 3 is 0.337 bits per heavy atom. The summed E-state index contributed by atoms with van der Waals surface area (Å²) in [6, 6.07) is 19.5. The lowest BCUT2D eigenvalue weighted by molar-refractivity contribution is 0.553. The zero-order valence-electron chi connectivity index (χ0n) is 64.4. The minimum absolute atomic E-state index is 0.0859. The molecule has 0 aromatic heterocycles. The molecule has 0 fully saturated rings. The van der Waals surface area contributed by atoms with Gasteiger partial charge in [0.15, 0.2) is 0 Å². The first-order valence-electron chi connectivity index (χ1n) is 33.3. The first kappa shape index (κ1) is 77.8. The molecule has 1 aliphatic rings. The molecular formula is C88H116P4. The van der Waals surface area contributed by atoms with Crippen LogP contribution in [0.1, 0.15) is 316 Å². The molecule has 0 atom stereocenters. The van der Waals surface area contributed by atoms with E-state index in [1.165, 1.54) is 88.0 Å². The van der Waals surface area contributed by atoms with Crippen LogP contribution in [0.3, 0.4) is 0 Å². The van der Waals surface area contributed by atoms with Crippen LogP contribution in [0.4, 0.5) is 0 Å². The van der Waals surface area contributed by atoms with E-state index in [1.807, 2.05) is 0 Å². The molecule has 92 heavy (non-hydrogen) atoms. The first-order chi connectivity index (χ1) is 41.3. The van der Waals surface area contributed by atoms with E-state index in [4.69, 9.17) is 0 Å². The second-order valence-electron chi connectivity index (χ2n) is 37.9. The molecule has 1 heterocycles. The van der Waals surface area contributed by atoms with Gasteiger partial charge in [0.05, 0.1) is 31.7 Å². The van der Waals surface area contributed by atoms with Crippen molar-refractivity contribution in [1.82, 2.24) is 0 Å². The topological polar surface area (TPSA) is 0 Å². The molecule has 0 aliphatic carbocycles. The second kappa shape index (κ2) is 27.3. The zero-order valence-corrected chi connectivity index (χ0v) is 68.0. The van der Waals surface area contributed by atoms with Crippen molar-refractivity contribution in [1.29, 1.82) is 0 Å². The fraction of sp³-hybridized carbons (Fsp3) is 0.545. The summed E-state index contributed by atoms with van der Waals surface area (Å²) < 4.78 is 0. The maximum absolute atomic E-state index is 3.82. The Kier molecular flexibility index (Phi) is 23.1. The average molecular weight is 1300 g/mol. The predicted molar refractivity (Wildman–Crippen MR) is 419 cm³/mol. The van der Waals surface area contributed by atoms with E-state index in [9.17, 15) is 0 Å². The summed E-state index contributed by atoms with van der Waals surface area (Å²) >= 11 is 0. The molecule has 0 N–H and O–H groups in total. The molecule has 4 aromatic rings. The molecule has 0 nitrogen and oxygen atoms in total. The number of hydrogen-bond acceptors (Lipinski definition) is 0. The Morgan fingerprint density at radius 1 is 0.163 bits per heavy atom. The maximum Gasteiger partial charge on any atom is 0.0838 e. The smallest absolute Gasteiger partial charge is 0.0561 e. The largest absolute Gasteiger partial charge is 0.0838 e. The van der Waals surface area contributed by atoms with Gasteiger partial charge in [-0.1, -0.05) is 298 Å². The summed E-state index contributed by atoms with van der Waals surface area (Å²) in [5.41, 5.74) is 43.7. The van der Waals surface area contributed by atoms with Crippen LogP contribution < -0.4 is 21.2 Å².